The molecule has 9 nitrogen and oxygen atoms in total. The van der Waals surface area contributed by atoms with E-state index in [1.54, 1.807) is 42.7 Å². The quantitative estimate of drug-likeness (QED) is 0.188. The van der Waals surface area contributed by atoms with Crippen molar-refractivity contribution in [1.29, 1.82) is 0 Å². The number of carbonyl (C=O) groups excluding carboxylic acids is 2. The molecular weight excluding hydrogens is 506 g/mol. The summed E-state index contributed by atoms with van der Waals surface area (Å²) < 4.78 is 31.4. The molecule has 0 fully saturated rings. The fourth-order valence-corrected chi connectivity index (χ4v) is 3.76. The molecule has 198 valence electrons. The average Bonchev–Trinajstić information content (AvgIpc) is 2.84. The zero-order valence-corrected chi connectivity index (χ0v) is 22.0. The highest BCUT2D eigenvalue weighted by Gasteiger charge is 2.20. The Balaban J connectivity index is 0.000000732. The fourth-order valence-electron chi connectivity index (χ4n) is 3.76. The molecule has 4 N–H and O–H groups in total. The van der Waals surface area contributed by atoms with Crippen LogP contribution in [0.1, 0.15) is 33.0 Å². The number of fused-ring (bicyclic) bond motifs is 1. The summed E-state index contributed by atoms with van der Waals surface area (Å²) in [5.41, 5.74) is 9.82. The van der Waals surface area contributed by atoms with Crippen LogP contribution in [-0.2, 0) is 14.9 Å². The number of nitrogens with two attached hydrogens (primary N) is 1. The van der Waals surface area contributed by atoms with Crippen LogP contribution in [0.2, 0.25) is 0 Å². The molecule has 0 unspecified atom stereocenters. The Kier molecular flexibility index (Phi) is 9.30. The van der Waals surface area contributed by atoms with Gasteiger partial charge in [0.1, 0.15) is 5.75 Å². The van der Waals surface area contributed by atoms with Crippen molar-refractivity contribution in [3.05, 3.63) is 101 Å². The van der Waals surface area contributed by atoms with Crippen LogP contribution in [0.15, 0.2) is 79.1 Å². The van der Waals surface area contributed by atoms with Crippen LogP contribution in [0.5, 0.6) is 5.75 Å². The van der Waals surface area contributed by atoms with Crippen molar-refractivity contribution >= 4 is 38.5 Å². The molecule has 38 heavy (non-hydrogen) atoms. The van der Waals surface area contributed by atoms with Crippen molar-refractivity contribution in [1.82, 2.24) is 4.98 Å². The normalized spacial score (nSPS) is 11.7. The van der Waals surface area contributed by atoms with Crippen molar-refractivity contribution in [2.75, 3.05) is 18.1 Å². The van der Waals surface area contributed by atoms with E-state index in [9.17, 15) is 18.0 Å². The minimum atomic E-state index is -3.67. The third-order valence-electron chi connectivity index (χ3n) is 5.56. The summed E-state index contributed by atoms with van der Waals surface area (Å²) in [6.45, 7) is 4.00. The number of aryl methyl sites for hydroxylation is 2. The number of carbonyl (C=O) groups is 2. The second kappa shape index (κ2) is 12.4. The van der Waals surface area contributed by atoms with Gasteiger partial charge in [-0.25, -0.2) is 4.79 Å². The van der Waals surface area contributed by atoms with Crippen LogP contribution >= 0.6 is 0 Å². The molecule has 4 aromatic rings. The van der Waals surface area contributed by atoms with E-state index in [4.69, 9.17) is 15.0 Å². The highest BCUT2D eigenvalue weighted by atomic mass is 32.2. The van der Waals surface area contributed by atoms with Crippen LogP contribution in [-0.4, -0.2) is 42.6 Å². The second-order valence-electron chi connectivity index (χ2n) is 8.73. The Morgan fingerprint density at radius 3 is 2.32 bits per heavy atom. The largest absolute Gasteiger partial charge is 0.423 e. The van der Waals surface area contributed by atoms with Gasteiger partial charge in [0.15, 0.2) is 0 Å². The van der Waals surface area contributed by atoms with Gasteiger partial charge < -0.3 is 15.8 Å². The van der Waals surface area contributed by atoms with E-state index in [0.717, 1.165) is 27.5 Å². The third kappa shape index (κ3) is 8.20. The summed E-state index contributed by atoms with van der Waals surface area (Å²) >= 11 is 0. The van der Waals surface area contributed by atoms with Crippen molar-refractivity contribution in [2.45, 2.75) is 19.8 Å². The second-order valence-corrected chi connectivity index (χ2v) is 10.2. The maximum atomic E-state index is 12.9. The molecule has 1 atom stereocenters. The molecule has 0 aliphatic carbocycles. The lowest BCUT2D eigenvalue weighted by Gasteiger charge is -2.16. The number of benzene rings is 3. The van der Waals surface area contributed by atoms with Gasteiger partial charge >= 0.3 is 5.97 Å². The van der Waals surface area contributed by atoms with Crippen LogP contribution in [0.25, 0.3) is 10.8 Å². The lowest BCUT2D eigenvalue weighted by atomic mass is 9.98. The molecule has 10 heteroatoms. The van der Waals surface area contributed by atoms with Crippen LogP contribution in [0.3, 0.4) is 0 Å². The first kappa shape index (κ1) is 28.5. The molecule has 0 aliphatic heterocycles. The number of ether oxygens (including phenoxy) is 1. The van der Waals surface area contributed by atoms with Gasteiger partial charge in [0.05, 0.1) is 17.7 Å². The maximum Gasteiger partial charge on any atom is 0.343 e. The predicted molar refractivity (Wildman–Crippen MR) is 147 cm³/mol. The first-order chi connectivity index (χ1) is 17.9. The molecule has 4 rings (SSSR count). The fraction of sp³-hybridized carbons (Fsp3) is 0.179. The summed E-state index contributed by atoms with van der Waals surface area (Å²) in [5.74, 6) is -0.754. The van der Waals surface area contributed by atoms with Gasteiger partial charge in [0.25, 0.3) is 10.1 Å². The summed E-state index contributed by atoms with van der Waals surface area (Å²) in [6, 6.07) is 20.0. The first-order valence-corrected chi connectivity index (χ1v) is 13.5. The molecule has 0 saturated heterocycles. The summed E-state index contributed by atoms with van der Waals surface area (Å²) in [6.07, 6.45) is 4.20. The zero-order chi connectivity index (χ0) is 27.9. The Morgan fingerprint density at radius 2 is 1.68 bits per heavy atom. The van der Waals surface area contributed by atoms with Gasteiger partial charge in [-0.15, -0.1) is 0 Å². The first-order valence-electron chi connectivity index (χ1n) is 11.6. The number of amides is 1. The summed E-state index contributed by atoms with van der Waals surface area (Å²) in [7, 11) is -3.67. The van der Waals surface area contributed by atoms with Gasteiger partial charge in [-0.1, -0.05) is 35.9 Å². The van der Waals surface area contributed by atoms with Gasteiger partial charge in [0, 0.05) is 30.0 Å². The smallest absolute Gasteiger partial charge is 0.343 e. The molecule has 0 saturated carbocycles. The maximum absolute atomic E-state index is 12.9. The average molecular weight is 536 g/mol. The number of hydrogen-bond donors (Lipinski definition) is 3. The zero-order valence-electron chi connectivity index (χ0n) is 21.2. The number of nitrogens with zero attached hydrogens (tertiary/aromatic N) is 1. The van der Waals surface area contributed by atoms with E-state index < -0.39 is 22.0 Å². The summed E-state index contributed by atoms with van der Waals surface area (Å²) in [5, 5.41) is 4.92. The van der Waals surface area contributed by atoms with E-state index in [1.165, 1.54) is 0 Å². The highest BCUT2D eigenvalue weighted by Crippen LogP contribution is 2.24. The van der Waals surface area contributed by atoms with Crippen LogP contribution in [0, 0.1) is 13.8 Å². The Labute approximate surface area is 221 Å². The SMILES string of the molecule is CS(=O)(=O)O.Cc1ccc(C(=O)Oc2ccc([C@@H](CN)C(=O)Nc3ccc4cnccc4c3)cc2)c(C)c1. The topological polar surface area (TPSA) is 149 Å². The number of aromatic nitrogens is 1. The van der Waals surface area contributed by atoms with E-state index >= 15 is 0 Å². The number of anilines is 1. The van der Waals surface area contributed by atoms with E-state index in [2.05, 4.69) is 10.3 Å². The molecule has 0 bridgehead atoms. The number of pyridine rings is 1. The molecule has 3 aromatic carbocycles. The third-order valence-corrected chi connectivity index (χ3v) is 5.56. The number of esters is 1. The van der Waals surface area contributed by atoms with Crippen molar-refractivity contribution in [3.63, 3.8) is 0 Å². The minimum Gasteiger partial charge on any atom is -0.423 e. The minimum absolute atomic E-state index is 0.144. The van der Waals surface area contributed by atoms with Crippen LogP contribution in [0.4, 0.5) is 5.69 Å². The summed E-state index contributed by atoms with van der Waals surface area (Å²) in [4.78, 5) is 29.5. The molecule has 0 spiro atoms. The lowest BCUT2D eigenvalue weighted by Crippen LogP contribution is -2.27. The van der Waals surface area contributed by atoms with Gasteiger partial charge in [-0.2, -0.15) is 8.42 Å². The predicted octanol–water partition coefficient (Wildman–Crippen LogP) is 4.26. The molecule has 1 amide bonds. The van der Waals surface area contributed by atoms with Crippen molar-refractivity contribution < 1.29 is 27.3 Å². The molecule has 1 heterocycles. The standard InChI is InChI=1S/C27H25N3O3.CH4O3S/c1-17-3-10-24(18(2)13-17)27(32)33-23-8-5-19(6-9-23)25(15-28)26(31)30-22-7-4-21-16-29-12-11-20(21)14-22;1-5(2,3)4/h3-14,16,25H,15,28H2,1-2H3,(H,30,31);1H3,(H,2,3,4)/t25-;/m1./s1. The van der Waals surface area contributed by atoms with Gasteiger partial charge in [-0.05, 0) is 66.8 Å². The number of nitrogens with one attached hydrogen (secondary N) is 1. The molecule has 0 radical (unpaired) electrons. The van der Waals surface area contributed by atoms with Crippen molar-refractivity contribution in [2.24, 2.45) is 5.73 Å². The Bertz CT molecular complexity index is 1540. The Hall–Kier alpha value is -4.12. The van der Waals surface area contributed by atoms with E-state index in [0.29, 0.717) is 23.3 Å². The number of hydrogen-bond acceptors (Lipinski definition) is 7. The van der Waals surface area contributed by atoms with Gasteiger partial charge in [-0.3, -0.25) is 14.3 Å². The van der Waals surface area contributed by atoms with E-state index in [1.807, 2.05) is 50.2 Å². The molecular formula is C28H29N3O6S. The van der Waals surface area contributed by atoms with Crippen molar-refractivity contribution in [3.8, 4) is 5.75 Å². The molecule has 1 aromatic heterocycles. The Morgan fingerprint density at radius 1 is 1.00 bits per heavy atom. The molecule has 0 aliphatic rings. The number of rotatable bonds is 6. The van der Waals surface area contributed by atoms with Gasteiger partial charge in [0.2, 0.25) is 5.91 Å². The highest BCUT2D eigenvalue weighted by molar-refractivity contribution is 7.85. The van der Waals surface area contributed by atoms with E-state index in [-0.39, 0.29) is 12.5 Å². The lowest BCUT2D eigenvalue weighted by molar-refractivity contribution is -0.117. The monoisotopic (exact) mass is 535 g/mol. The van der Waals surface area contributed by atoms with Crippen LogP contribution < -0.4 is 15.8 Å².